The number of methoxy groups -OCH3 is 2. The van der Waals surface area contributed by atoms with Crippen LogP contribution in [0.2, 0.25) is 0 Å². The van der Waals surface area contributed by atoms with Crippen LogP contribution in [0.1, 0.15) is 33.6 Å². The number of benzene rings is 1. The van der Waals surface area contributed by atoms with Gasteiger partial charge in [0.05, 0.1) is 17.7 Å². The van der Waals surface area contributed by atoms with Gasteiger partial charge < -0.3 is 19.3 Å². The minimum Gasteiger partial charge on any atom is -0.478 e. The van der Waals surface area contributed by atoms with Crippen LogP contribution >= 0.6 is 0 Å². The van der Waals surface area contributed by atoms with Crippen LogP contribution in [-0.2, 0) is 14.2 Å². The number of carbonyl (C=O) groups excluding carboxylic acids is 1. The Kier molecular flexibility index (Phi) is 6.69. The summed E-state index contributed by atoms with van der Waals surface area (Å²) < 4.78 is 15.0. The summed E-state index contributed by atoms with van der Waals surface area (Å²) in [5, 5.41) is 8.98. The summed E-state index contributed by atoms with van der Waals surface area (Å²) in [5.74, 6) is -1.80. The molecule has 110 valence electrons. The maximum absolute atomic E-state index is 11.8. The first-order chi connectivity index (χ1) is 9.60. The van der Waals surface area contributed by atoms with Crippen LogP contribution in [0.3, 0.4) is 0 Å². The molecule has 1 aromatic rings. The van der Waals surface area contributed by atoms with Crippen molar-refractivity contribution in [1.82, 2.24) is 0 Å². The van der Waals surface area contributed by atoms with Crippen LogP contribution in [0.15, 0.2) is 24.3 Å². The second kappa shape index (κ2) is 8.29. The van der Waals surface area contributed by atoms with E-state index in [1.807, 2.05) is 0 Å². The van der Waals surface area contributed by atoms with Gasteiger partial charge in [0.2, 0.25) is 0 Å². The minimum absolute atomic E-state index is 0.0510. The Morgan fingerprint density at radius 2 is 1.75 bits per heavy atom. The predicted molar refractivity (Wildman–Crippen MR) is 70.7 cm³/mol. The Labute approximate surface area is 117 Å². The molecule has 6 nitrogen and oxygen atoms in total. The van der Waals surface area contributed by atoms with Crippen LogP contribution in [0.5, 0.6) is 0 Å². The molecule has 0 saturated heterocycles. The van der Waals surface area contributed by atoms with E-state index in [-0.39, 0.29) is 24.0 Å². The van der Waals surface area contributed by atoms with Gasteiger partial charge in [0.25, 0.3) is 0 Å². The van der Waals surface area contributed by atoms with Gasteiger partial charge >= 0.3 is 11.9 Å². The highest BCUT2D eigenvalue weighted by atomic mass is 16.7. The molecule has 0 aromatic heterocycles. The lowest BCUT2D eigenvalue weighted by atomic mass is 10.1. The monoisotopic (exact) mass is 282 g/mol. The number of ether oxygens (including phenoxy) is 3. The molecular weight excluding hydrogens is 264 g/mol. The van der Waals surface area contributed by atoms with Crippen molar-refractivity contribution < 1.29 is 28.9 Å². The Bertz CT molecular complexity index is 453. The molecule has 0 aliphatic carbocycles. The fraction of sp³-hybridized carbons (Fsp3) is 0.429. The van der Waals surface area contributed by atoms with E-state index in [9.17, 15) is 9.59 Å². The molecule has 20 heavy (non-hydrogen) atoms. The Morgan fingerprint density at radius 1 is 1.15 bits per heavy atom. The van der Waals surface area contributed by atoms with Crippen molar-refractivity contribution in [1.29, 1.82) is 0 Å². The van der Waals surface area contributed by atoms with Gasteiger partial charge in [-0.05, 0) is 18.6 Å². The maximum atomic E-state index is 11.8. The van der Waals surface area contributed by atoms with Crippen molar-refractivity contribution in [3.8, 4) is 0 Å². The molecule has 6 heteroatoms. The summed E-state index contributed by atoms with van der Waals surface area (Å²) in [6.45, 7) is 0.177. The lowest BCUT2D eigenvalue weighted by Crippen LogP contribution is -2.15. The van der Waals surface area contributed by atoms with Crippen molar-refractivity contribution in [2.45, 2.75) is 19.1 Å². The lowest BCUT2D eigenvalue weighted by Gasteiger charge is -2.13. The Morgan fingerprint density at radius 3 is 2.30 bits per heavy atom. The molecule has 0 aliphatic heterocycles. The second-order valence-electron chi connectivity index (χ2n) is 4.03. The number of carboxylic acids is 1. The average molecular weight is 282 g/mol. The van der Waals surface area contributed by atoms with Gasteiger partial charge in [-0.3, -0.25) is 0 Å². The van der Waals surface area contributed by atoms with E-state index in [0.29, 0.717) is 12.8 Å². The maximum Gasteiger partial charge on any atom is 0.339 e. The number of carboxylic acid groups (broad SMARTS) is 1. The van der Waals surface area contributed by atoms with E-state index in [1.165, 1.54) is 26.4 Å². The van der Waals surface area contributed by atoms with Gasteiger partial charge in [-0.2, -0.15) is 0 Å². The third-order valence-electron chi connectivity index (χ3n) is 2.72. The van der Waals surface area contributed by atoms with Crippen LogP contribution in [-0.4, -0.2) is 44.2 Å². The first-order valence-corrected chi connectivity index (χ1v) is 6.15. The second-order valence-corrected chi connectivity index (χ2v) is 4.03. The van der Waals surface area contributed by atoms with Crippen molar-refractivity contribution in [3.63, 3.8) is 0 Å². The lowest BCUT2D eigenvalue weighted by molar-refractivity contribution is -0.108. The highest BCUT2D eigenvalue weighted by Crippen LogP contribution is 2.11. The molecule has 1 rings (SSSR count). The topological polar surface area (TPSA) is 82.1 Å². The molecule has 0 amide bonds. The zero-order chi connectivity index (χ0) is 15.0. The molecule has 1 aromatic carbocycles. The van der Waals surface area contributed by atoms with Gasteiger partial charge in [0, 0.05) is 20.6 Å². The van der Waals surface area contributed by atoms with Gasteiger partial charge in [-0.25, -0.2) is 9.59 Å². The molecule has 0 spiro atoms. The van der Waals surface area contributed by atoms with E-state index in [0.717, 1.165) is 0 Å². The smallest absolute Gasteiger partial charge is 0.339 e. The normalized spacial score (nSPS) is 10.6. The Balaban J connectivity index is 2.50. The molecular formula is C14H18O6. The van der Waals surface area contributed by atoms with Crippen molar-refractivity contribution in [3.05, 3.63) is 35.4 Å². The fourth-order valence-electron chi connectivity index (χ4n) is 1.67. The number of rotatable bonds is 8. The average Bonchev–Trinajstić information content (AvgIpc) is 2.47. The summed E-state index contributed by atoms with van der Waals surface area (Å²) in [7, 11) is 3.06. The SMILES string of the molecule is COC(CCCOC(=O)c1ccccc1C(=O)O)OC. The highest BCUT2D eigenvalue weighted by Gasteiger charge is 2.16. The van der Waals surface area contributed by atoms with Crippen LogP contribution in [0.4, 0.5) is 0 Å². The van der Waals surface area contributed by atoms with E-state index >= 15 is 0 Å². The standard InChI is InChI=1S/C14H18O6/c1-18-12(19-2)8-5-9-20-14(17)11-7-4-3-6-10(11)13(15)16/h3-4,6-7,12H,5,8-9H2,1-2H3,(H,15,16). The molecule has 1 N–H and O–H groups in total. The van der Waals surface area contributed by atoms with Crippen molar-refractivity contribution in [2.75, 3.05) is 20.8 Å². The van der Waals surface area contributed by atoms with Gasteiger partial charge in [-0.15, -0.1) is 0 Å². The molecule has 0 bridgehead atoms. The largest absolute Gasteiger partial charge is 0.478 e. The quantitative estimate of drug-likeness (QED) is 0.446. The number of carbonyl (C=O) groups is 2. The zero-order valence-corrected chi connectivity index (χ0v) is 11.5. The predicted octanol–water partition coefficient (Wildman–Crippen LogP) is 1.94. The summed E-state index contributed by atoms with van der Waals surface area (Å²) in [6, 6.07) is 5.95. The molecule has 0 aliphatic rings. The summed E-state index contributed by atoms with van der Waals surface area (Å²) >= 11 is 0. The van der Waals surface area contributed by atoms with Gasteiger partial charge in [-0.1, -0.05) is 12.1 Å². The van der Waals surface area contributed by atoms with Gasteiger partial charge in [0.1, 0.15) is 0 Å². The van der Waals surface area contributed by atoms with Crippen molar-refractivity contribution >= 4 is 11.9 Å². The van der Waals surface area contributed by atoms with Gasteiger partial charge in [0.15, 0.2) is 6.29 Å². The number of hydrogen-bond donors (Lipinski definition) is 1. The van der Waals surface area contributed by atoms with Crippen LogP contribution < -0.4 is 0 Å². The van der Waals surface area contributed by atoms with E-state index in [4.69, 9.17) is 19.3 Å². The summed E-state index contributed by atoms with van der Waals surface area (Å²) in [4.78, 5) is 22.8. The first kappa shape index (κ1) is 16.1. The Hall–Kier alpha value is -1.92. The summed E-state index contributed by atoms with van der Waals surface area (Å²) in [5.41, 5.74) is -0.0146. The number of aromatic carboxylic acids is 1. The van der Waals surface area contributed by atoms with E-state index < -0.39 is 11.9 Å². The molecule has 0 fully saturated rings. The summed E-state index contributed by atoms with van der Waals surface area (Å²) in [6.07, 6.45) is 0.814. The fourth-order valence-corrected chi connectivity index (χ4v) is 1.67. The molecule has 0 atom stereocenters. The third-order valence-corrected chi connectivity index (χ3v) is 2.72. The first-order valence-electron chi connectivity index (χ1n) is 6.15. The van der Waals surface area contributed by atoms with E-state index in [2.05, 4.69) is 0 Å². The van der Waals surface area contributed by atoms with Crippen LogP contribution in [0.25, 0.3) is 0 Å². The zero-order valence-electron chi connectivity index (χ0n) is 11.5. The molecule has 0 saturated carbocycles. The van der Waals surface area contributed by atoms with Crippen LogP contribution in [0, 0.1) is 0 Å². The van der Waals surface area contributed by atoms with Crippen molar-refractivity contribution in [2.24, 2.45) is 0 Å². The number of hydrogen-bond acceptors (Lipinski definition) is 5. The molecule has 0 heterocycles. The molecule has 0 radical (unpaired) electrons. The minimum atomic E-state index is -1.16. The van der Waals surface area contributed by atoms with E-state index in [1.54, 1.807) is 12.1 Å². The third kappa shape index (κ3) is 4.64. The molecule has 0 unspecified atom stereocenters. The number of esters is 1. The highest BCUT2D eigenvalue weighted by molar-refractivity contribution is 6.02.